The standard InChI is InChI=1S/C18H27F3N4O.HI/c1-13(2)11-23-17(22)24-12-16(25-7-9-26-10-8-25)14-3-5-15(6-4-14)18(19,20)21;/h3-6,13,16H,7-12H2,1-2H3,(H3,22,23,24);1H. The molecule has 5 nitrogen and oxygen atoms in total. The number of aliphatic imine (C=N–C) groups is 1. The number of halogens is 4. The quantitative estimate of drug-likeness (QED) is 0.358. The molecule has 2 rings (SSSR count). The summed E-state index contributed by atoms with van der Waals surface area (Å²) >= 11 is 0. The Morgan fingerprint density at radius 2 is 1.81 bits per heavy atom. The molecule has 1 atom stereocenters. The number of nitrogens with one attached hydrogen (secondary N) is 1. The molecular formula is C18H28F3IN4O. The van der Waals surface area contributed by atoms with Gasteiger partial charge in [-0.05, 0) is 23.6 Å². The second kappa shape index (κ2) is 11.1. The predicted molar refractivity (Wildman–Crippen MR) is 111 cm³/mol. The van der Waals surface area contributed by atoms with Crippen molar-refractivity contribution >= 4 is 29.9 Å². The topological polar surface area (TPSA) is 62.9 Å². The van der Waals surface area contributed by atoms with E-state index >= 15 is 0 Å². The smallest absolute Gasteiger partial charge is 0.379 e. The first-order valence-corrected chi connectivity index (χ1v) is 8.80. The van der Waals surface area contributed by atoms with E-state index in [1.54, 1.807) is 0 Å². The Bertz CT molecular complexity index is 587. The summed E-state index contributed by atoms with van der Waals surface area (Å²) in [4.78, 5) is 6.46. The number of alkyl halides is 3. The minimum atomic E-state index is -4.33. The fourth-order valence-electron chi connectivity index (χ4n) is 2.78. The molecule has 0 saturated carbocycles. The molecule has 0 spiro atoms. The fourth-order valence-corrected chi connectivity index (χ4v) is 2.78. The molecule has 1 aromatic carbocycles. The van der Waals surface area contributed by atoms with Gasteiger partial charge in [0.25, 0.3) is 0 Å². The van der Waals surface area contributed by atoms with Crippen LogP contribution in [-0.2, 0) is 10.9 Å². The van der Waals surface area contributed by atoms with Crippen LogP contribution < -0.4 is 11.1 Å². The highest BCUT2D eigenvalue weighted by molar-refractivity contribution is 14.0. The molecule has 3 N–H and O–H groups in total. The van der Waals surface area contributed by atoms with Gasteiger partial charge in [-0.25, -0.2) is 0 Å². The normalized spacial score (nSPS) is 17.5. The SMILES string of the molecule is CC(C)CN=C(N)NCC(c1ccc(C(F)(F)F)cc1)N1CCOCC1.I. The molecule has 1 fully saturated rings. The molecule has 27 heavy (non-hydrogen) atoms. The molecule has 1 unspecified atom stereocenters. The Hall–Kier alpha value is -1.07. The van der Waals surface area contributed by atoms with Crippen LogP contribution in [0.15, 0.2) is 29.3 Å². The zero-order valence-electron chi connectivity index (χ0n) is 15.6. The summed E-state index contributed by atoms with van der Waals surface area (Å²) in [7, 11) is 0. The summed E-state index contributed by atoms with van der Waals surface area (Å²) in [6.07, 6.45) is -4.33. The largest absolute Gasteiger partial charge is 0.416 e. The van der Waals surface area contributed by atoms with Gasteiger partial charge in [-0.15, -0.1) is 24.0 Å². The summed E-state index contributed by atoms with van der Waals surface area (Å²) in [6.45, 7) is 7.85. The first kappa shape index (κ1) is 24.0. The van der Waals surface area contributed by atoms with E-state index in [-0.39, 0.29) is 30.0 Å². The summed E-state index contributed by atoms with van der Waals surface area (Å²) in [6, 6.07) is 5.21. The Balaban J connectivity index is 0.00000364. The monoisotopic (exact) mass is 500 g/mol. The van der Waals surface area contributed by atoms with E-state index in [9.17, 15) is 13.2 Å². The fraction of sp³-hybridized carbons (Fsp3) is 0.611. The predicted octanol–water partition coefficient (Wildman–Crippen LogP) is 3.26. The maximum absolute atomic E-state index is 12.8. The molecule has 1 heterocycles. The van der Waals surface area contributed by atoms with Gasteiger partial charge >= 0.3 is 6.18 Å². The molecule has 1 aromatic rings. The van der Waals surface area contributed by atoms with Crippen molar-refractivity contribution in [1.82, 2.24) is 10.2 Å². The van der Waals surface area contributed by atoms with Crippen LogP contribution in [0.5, 0.6) is 0 Å². The number of ether oxygens (including phenoxy) is 1. The highest BCUT2D eigenvalue weighted by Gasteiger charge is 2.31. The van der Waals surface area contributed by atoms with E-state index in [0.29, 0.717) is 38.2 Å². The first-order valence-electron chi connectivity index (χ1n) is 8.80. The van der Waals surface area contributed by atoms with Gasteiger partial charge in [-0.3, -0.25) is 9.89 Å². The Labute approximate surface area is 175 Å². The number of nitrogens with zero attached hydrogens (tertiary/aromatic N) is 2. The van der Waals surface area contributed by atoms with Gasteiger partial charge in [-0.2, -0.15) is 13.2 Å². The lowest BCUT2D eigenvalue weighted by atomic mass is 10.0. The van der Waals surface area contributed by atoms with Crippen LogP contribution in [0.2, 0.25) is 0 Å². The van der Waals surface area contributed by atoms with E-state index in [0.717, 1.165) is 30.8 Å². The maximum atomic E-state index is 12.8. The lowest BCUT2D eigenvalue weighted by Crippen LogP contribution is -2.45. The third-order valence-corrected chi connectivity index (χ3v) is 4.21. The molecule has 1 aliphatic heterocycles. The van der Waals surface area contributed by atoms with E-state index in [1.807, 2.05) is 0 Å². The van der Waals surface area contributed by atoms with Crippen molar-refractivity contribution in [2.45, 2.75) is 26.1 Å². The highest BCUT2D eigenvalue weighted by Crippen LogP contribution is 2.31. The second-order valence-corrected chi connectivity index (χ2v) is 6.78. The average molecular weight is 500 g/mol. The number of hydrogen-bond donors (Lipinski definition) is 2. The van der Waals surface area contributed by atoms with E-state index in [2.05, 4.69) is 29.1 Å². The van der Waals surface area contributed by atoms with Crippen molar-refractivity contribution < 1.29 is 17.9 Å². The van der Waals surface area contributed by atoms with Crippen LogP contribution in [0.1, 0.15) is 31.0 Å². The van der Waals surface area contributed by atoms with Crippen molar-refractivity contribution in [3.63, 3.8) is 0 Å². The van der Waals surface area contributed by atoms with Crippen LogP contribution >= 0.6 is 24.0 Å². The molecule has 0 bridgehead atoms. The van der Waals surface area contributed by atoms with Crippen LogP contribution in [0.3, 0.4) is 0 Å². The van der Waals surface area contributed by atoms with Gasteiger partial charge in [0, 0.05) is 26.2 Å². The molecule has 0 amide bonds. The Morgan fingerprint density at radius 1 is 1.22 bits per heavy atom. The van der Waals surface area contributed by atoms with Gasteiger partial charge < -0.3 is 15.8 Å². The van der Waals surface area contributed by atoms with Gasteiger partial charge in [-0.1, -0.05) is 26.0 Å². The molecule has 154 valence electrons. The van der Waals surface area contributed by atoms with Crippen molar-refractivity contribution in [3.05, 3.63) is 35.4 Å². The Kier molecular flexibility index (Phi) is 9.82. The van der Waals surface area contributed by atoms with Crippen molar-refractivity contribution in [2.24, 2.45) is 16.6 Å². The number of benzene rings is 1. The molecule has 9 heteroatoms. The van der Waals surface area contributed by atoms with Crippen molar-refractivity contribution in [3.8, 4) is 0 Å². The molecule has 0 aromatic heterocycles. The highest BCUT2D eigenvalue weighted by atomic mass is 127. The van der Waals surface area contributed by atoms with Crippen molar-refractivity contribution in [1.29, 1.82) is 0 Å². The van der Waals surface area contributed by atoms with Crippen LogP contribution in [0, 0.1) is 5.92 Å². The third kappa shape index (κ3) is 7.82. The number of guanidine groups is 1. The molecular weight excluding hydrogens is 472 g/mol. The van der Waals surface area contributed by atoms with E-state index in [1.165, 1.54) is 12.1 Å². The van der Waals surface area contributed by atoms with Crippen LogP contribution in [0.25, 0.3) is 0 Å². The number of morpholine rings is 1. The number of hydrogen-bond acceptors (Lipinski definition) is 3. The first-order chi connectivity index (χ1) is 12.3. The molecule has 1 aliphatic rings. The van der Waals surface area contributed by atoms with E-state index in [4.69, 9.17) is 10.5 Å². The van der Waals surface area contributed by atoms with E-state index < -0.39 is 11.7 Å². The van der Waals surface area contributed by atoms with Gasteiger partial charge in [0.2, 0.25) is 0 Å². The van der Waals surface area contributed by atoms with Gasteiger partial charge in [0.15, 0.2) is 5.96 Å². The molecule has 0 aliphatic carbocycles. The summed E-state index contributed by atoms with van der Waals surface area (Å²) in [5, 5.41) is 3.10. The average Bonchev–Trinajstić information content (AvgIpc) is 2.61. The second-order valence-electron chi connectivity index (χ2n) is 6.78. The lowest BCUT2D eigenvalue weighted by molar-refractivity contribution is -0.137. The maximum Gasteiger partial charge on any atom is 0.416 e. The van der Waals surface area contributed by atoms with Crippen LogP contribution in [0.4, 0.5) is 13.2 Å². The summed E-state index contributed by atoms with van der Waals surface area (Å²) in [5.74, 6) is 0.754. The van der Waals surface area contributed by atoms with Gasteiger partial charge in [0.05, 0.1) is 24.8 Å². The van der Waals surface area contributed by atoms with Crippen molar-refractivity contribution in [2.75, 3.05) is 39.4 Å². The zero-order valence-corrected chi connectivity index (χ0v) is 18.0. The lowest BCUT2D eigenvalue weighted by Gasteiger charge is -2.35. The molecule has 1 saturated heterocycles. The minimum Gasteiger partial charge on any atom is -0.379 e. The number of rotatable bonds is 6. The molecule has 0 radical (unpaired) electrons. The summed E-state index contributed by atoms with van der Waals surface area (Å²) in [5.41, 5.74) is 6.07. The Morgan fingerprint density at radius 3 is 2.33 bits per heavy atom. The minimum absolute atomic E-state index is 0. The van der Waals surface area contributed by atoms with Gasteiger partial charge in [0.1, 0.15) is 0 Å². The van der Waals surface area contributed by atoms with Crippen LogP contribution in [-0.4, -0.2) is 50.3 Å². The number of nitrogens with two attached hydrogens (primary N) is 1. The summed E-state index contributed by atoms with van der Waals surface area (Å²) < 4.78 is 43.8. The zero-order chi connectivity index (χ0) is 19.2. The third-order valence-electron chi connectivity index (χ3n) is 4.21.